The summed E-state index contributed by atoms with van der Waals surface area (Å²) in [7, 11) is 3.80. The highest BCUT2D eigenvalue weighted by Crippen LogP contribution is 2.25. The second-order valence-corrected chi connectivity index (χ2v) is 3.87. The number of hydrogen-bond donors (Lipinski definition) is 1. The van der Waals surface area contributed by atoms with Crippen molar-refractivity contribution in [1.29, 1.82) is 0 Å². The van der Waals surface area contributed by atoms with Gasteiger partial charge in [-0.25, -0.2) is 0 Å². The fraction of sp³-hybridized carbons (Fsp3) is 0.333. The van der Waals surface area contributed by atoms with E-state index in [-0.39, 0.29) is 0 Å². The van der Waals surface area contributed by atoms with Crippen molar-refractivity contribution in [3.05, 3.63) is 16.3 Å². The predicted molar refractivity (Wildman–Crippen MR) is 58.6 cm³/mol. The SMILES string of the molecule is CNc1nnc(-c2cscc2C)n1C. The summed E-state index contributed by atoms with van der Waals surface area (Å²) in [4.78, 5) is 0. The van der Waals surface area contributed by atoms with Crippen molar-refractivity contribution < 1.29 is 0 Å². The Morgan fingerprint density at radius 3 is 2.64 bits per heavy atom. The zero-order chi connectivity index (χ0) is 10.1. The molecule has 2 aromatic heterocycles. The standard InChI is InChI=1S/C9H12N4S/c1-6-4-14-5-7(6)8-11-12-9(10-2)13(8)3/h4-5H,1-3H3,(H,10,12). The number of thiophene rings is 1. The van der Waals surface area contributed by atoms with Gasteiger partial charge >= 0.3 is 0 Å². The van der Waals surface area contributed by atoms with Gasteiger partial charge in [-0.05, 0) is 17.9 Å². The zero-order valence-electron chi connectivity index (χ0n) is 8.40. The van der Waals surface area contributed by atoms with Crippen LogP contribution in [-0.2, 0) is 7.05 Å². The predicted octanol–water partition coefficient (Wildman–Crippen LogP) is 1.89. The first-order valence-corrected chi connectivity index (χ1v) is 5.28. The Hall–Kier alpha value is -1.36. The summed E-state index contributed by atoms with van der Waals surface area (Å²) in [5.41, 5.74) is 2.40. The smallest absolute Gasteiger partial charge is 0.224 e. The van der Waals surface area contributed by atoms with Gasteiger partial charge in [0.05, 0.1) is 0 Å². The third-order valence-electron chi connectivity index (χ3n) is 2.19. The van der Waals surface area contributed by atoms with E-state index in [0.29, 0.717) is 0 Å². The monoisotopic (exact) mass is 208 g/mol. The van der Waals surface area contributed by atoms with E-state index in [1.165, 1.54) is 5.56 Å². The Morgan fingerprint density at radius 2 is 2.14 bits per heavy atom. The van der Waals surface area contributed by atoms with Gasteiger partial charge in [0.1, 0.15) is 0 Å². The van der Waals surface area contributed by atoms with Crippen LogP contribution in [0.2, 0.25) is 0 Å². The van der Waals surface area contributed by atoms with Crippen molar-refractivity contribution in [2.75, 3.05) is 12.4 Å². The van der Waals surface area contributed by atoms with Crippen LogP contribution in [0.5, 0.6) is 0 Å². The molecule has 2 rings (SSSR count). The lowest BCUT2D eigenvalue weighted by molar-refractivity contribution is 0.924. The Bertz CT molecular complexity index is 443. The average Bonchev–Trinajstić information content (AvgIpc) is 2.72. The Kier molecular flexibility index (Phi) is 2.25. The molecule has 0 aliphatic carbocycles. The summed E-state index contributed by atoms with van der Waals surface area (Å²) in [5, 5.41) is 15.4. The van der Waals surface area contributed by atoms with E-state index in [2.05, 4.69) is 33.2 Å². The fourth-order valence-electron chi connectivity index (χ4n) is 1.37. The van der Waals surface area contributed by atoms with Crippen molar-refractivity contribution in [3.63, 3.8) is 0 Å². The molecule has 5 heteroatoms. The van der Waals surface area contributed by atoms with E-state index in [4.69, 9.17) is 0 Å². The van der Waals surface area contributed by atoms with Gasteiger partial charge in [0.2, 0.25) is 5.95 Å². The van der Waals surface area contributed by atoms with Gasteiger partial charge < -0.3 is 5.32 Å². The molecule has 0 unspecified atom stereocenters. The van der Waals surface area contributed by atoms with Gasteiger partial charge in [-0.3, -0.25) is 4.57 Å². The maximum Gasteiger partial charge on any atom is 0.224 e. The lowest BCUT2D eigenvalue weighted by Gasteiger charge is -2.01. The molecule has 0 saturated heterocycles. The van der Waals surface area contributed by atoms with Crippen LogP contribution in [0.3, 0.4) is 0 Å². The van der Waals surface area contributed by atoms with Gasteiger partial charge in [-0.15, -0.1) is 10.2 Å². The summed E-state index contributed by atoms with van der Waals surface area (Å²) in [6.07, 6.45) is 0. The summed E-state index contributed by atoms with van der Waals surface area (Å²) in [5.74, 6) is 1.69. The van der Waals surface area contributed by atoms with Gasteiger partial charge in [-0.2, -0.15) is 11.3 Å². The minimum absolute atomic E-state index is 0.783. The van der Waals surface area contributed by atoms with Crippen LogP contribution < -0.4 is 5.32 Å². The maximum atomic E-state index is 4.15. The van der Waals surface area contributed by atoms with Crippen molar-refractivity contribution >= 4 is 17.3 Å². The second kappa shape index (κ2) is 3.42. The van der Waals surface area contributed by atoms with E-state index < -0.39 is 0 Å². The molecule has 0 aliphatic heterocycles. The fourth-order valence-corrected chi connectivity index (χ4v) is 2.20. The van der Waals surface area contributed by atoms with Crippen LogP contribution in [0.15, 0.2) is 10.8 Å². The first-order chi connectivity index (χ1) is 6.74. The number of anilines is 1. The van der Waals surface area contributed by atoms with Crippen LogP contribution in [0.25, 0.3) is 11.4 Å². The maximum absolute atomic E-state index is 4.15. The molecule has 0 atom stereocenters. The molecule has 14 heavy (non-hydrogen) atoms. The van der Waals surface area contributed by atoms with Crippen molar-refractivity contribution in [2.24, 2.45) is 7.05 Å². The van der Waals surface area contributed by atoms with E-state index in [1.54, 1.807) is 11.3 Å². The molecule has 0 radical (unpaired) electrons. The number of nitrogens with zero attached hydrogens (tertiary/aromatic N) is 3. The first kappa shape index (κ1) is 9.21. The van der Waals surface area contributed by atoms with E-state index in [0.717, 1.165) is 17.3 Å². The molecule has 0 saturated carbocycles. The van der Waals surface area contributed by atoms with Crippen molar-refractivity contribution in [3.8, 4) is 11.4 Å². The van der Waals surface area contributed by atoms with Crippen molar-refractivity contribution in [2.45, 2.75) is 6.92 Å². The van der Waals surface area contributed by atoms with Gasteiger partial charge in [0.25, 0.3) is 0 Å². The zero-order valence-corrected chi connectivity index (χ0v) is 9.22. The number of rotatable bonds is 2. The minimum atomic E-state index is 0.783. The van der Waals surface area contributed by atoms with Gasteiger partial charge in [0, 0.05) is 25.0 Å². The lowest BCUT2D eigenvalue weighted by atomic mass is 10.2. The van der Waals surface area contributed by atoms with Crippen molar-refractivity contribution in [1.82, 2.24) is 14.8 Å². The topological polar surface area (TPSA) is 42.7 Å². The number of hydrogen-bond acceptors (Lipinski definition) is 4. The van der Waals surface area contributed by atoms with Crippen LogP contribution >= 0.6 is 11.3 Å². The Morgan fingerprint density at radius 1 is 1.36 bits per heavy atom. The van der Waals surface area contributed by atoms with Crippen LogP contribution in [-0.4, -0.2) is 21.8 Å². The molecule has 0 fully saturated rings. The highest BCUT2D eigenvalue weighted by Gasteiger charge is 2.11. The summed E-state index contributed by atoms with van der Waals surface area (Å²) < 4.78 is 1.95. The molecule has 0 amide bonds. The highest BCUT2D eigenvalue weighted by atomic mass is 32.1. The molecule has 2 heterocycles. The summed E-state index contributed by atoms with van der Waals surface area (Å²) >= 11 is 1.69. The molecular formula is C9H12N4S. The molecule has 0 bridgehead atoms. The lowest BCUT2D eigenvalue weighted by Crippen LogP contribution is -1.99. The third-order valence-corrected chi connectivity index (χ3v) is 3.06. The minimum Gasteiger partial charge on any atom is -0.357 e. The quantitative estimate of drug-likeness (QED) is 0.819. The number of aromatic nitrogens is 3. The number of aryl methyl sites for hydroxylation is 1. The first-order valence-electron chi connectivity index (χ1n) is 4.34. The largest absolute Gasteiger partial charge is 0.357 e. The summed E-state index contributed by atoms with van der Waals surface area (Å²) in [6, 6.07) is 0. The molecule has 0 aliphatic rings. The molecule has 1 N–H and O–H groups in total. The van der Waals surface area contributed by atoms with Crippen LogP contribution in [0, 0.1) is 6.92 Å². The molecule has 74 valence electrons. The number of nitrogens with one attached hydrogen (secondary N) is 1. The third kappa shape index (κ3) is 1.29. The average molecular weight is 208 g/mol. The molecular weight excluding hydrogens is 196 g/mol. The van der Waals surface area contributed by atoms with Crippen LogP contribution in [0.1, 0.15) is 5.56 Å². The van der Waals surface area contributed by atoms with E-state index in [9.17, 15) is 0 Å². The molecule has 4 nitrogen and oxygen atoms in total. The van der Waals surface area contributed by atoms with Gasteiger partial charge in [-0.1, -0.05) is 0 Å². The second-order valence-electron chi connectivity index (χ2n) is 3.12. The highest BCUT2D eigenvalue weighted by molar-refractivity contribution is 7.08. The Balaban J connectivity index is 2.52. The molecule has 2 aromatic rings. The Labute approximate surface area is 86.6 Å². The van der Waals surface area contributed by atoms with E-state index in [1.807, 2.05) is 18.7 Å². The van der Waals surface area contributed by atoms with Crippen LogP contribution in [0.4, 0.5) is 5.95 Å². The van der Waals surface area contributed by atoms with Gasteiger partial charge in [0.15, 0.2) is 5.82 Å². The molecule has 0 aromatic carbocycles. The summed E-state index contributed by atoms with van der Waals surface area (Å²) in [6.45, 7) is 2.08. The normalized spacial score (nSPS) is 10.5. The molecule has 0 spiro atoms. The van der Waals surface area contributed by atoms with E-state index >= 15 is 0 Å².